The third-order valence-electron chi connectivity index (χ3n) is 6.92. The van der Waals surface area contributed by atoms with Crippen LogP contribution in [-0.4, -0.2) is 64.1 Å². The van der Waals surface area contributed by atoms with Crippen LogP contribution in [0.5, 0.6) is 5.75 Å². The van der Waals surface area contributed by atoms with Gasteiger partial charge in [-0.05, 0) is 56.5 Å². The molecule has 2 aromatic carbocycles. The number of hydrogen-bond donors (Lipinski definition) is 2. The second kappa shape index (κ2) is 16.7. The fourth-order valence-corrected chi connectivity index (χ4v) is 6.46. The van der Waals surface area contributed by atoms with Crippen molar-refractivity contribution >= 4 is 51.9 Å². The van der Waals surface area contributed by atoms with Gasteiger partial charge in [0, 0.05) is 0 Å². The van der Waals surface area contributed by atoms with Crippen molar-refractivity contribution < 1.29 is 33.4 Å². The fraction of sp³-hybridized carbons (Fsp3) is 0.333. The number of rotatable bonds is 15. The normalized spacial score (nSPS) is 11.4. The number of thioether (sulfide) groups is 1. The van der Waals surface area contributed by atoms with E-state index in [0.29, 0.717) is 28.8 Å². The molecular formula is C33H37N5O7S2. The summed E-state index contributed by atoms with van der Waals surface area (Å²) in [6.45, 7) is 7.52. The number of nitrogens with one attached hydrogen (secondary N) is 2. The molecule has 4 rings (SSSR count). The molecule has 2 heterocycles. The third kappa shape index (κ3) is 9.20. The zero-order valence-corrected chi connectivity index (χ0v) is 28.5. The highest BCUT2D eigenvalue weighted by Gasteiger charge is 2.29. The monoisotopic (exact) mass is 679 g/mol. The Kier molecular flexibility index (Phi) is 12.5. The zero-order valence-electron chi connectivity index (χ0n) is 26.8. The van der Waals surface area contributed by atoms with Crippen LogP contribution in [0.15, 0.2) is 59.8 Å². The Morgan fingerprint density at radius 1 is 0.936 bits per heavy atom. The number of anilines is 1. The van der Waals surface area contributed by atoms with Crippen molar-refractivity contribution in [3.8, 4) is 5.75 Å². The van der Waals surface area contributed by atoms with Crippen molar-refractivity contribution in [1.29, 1.82) is 0 Å². The van der Waals surface area contributed by atoms with Gasteiger partial charge in [0.2, 0.25) is 11.8 Å². The third-order valence-corrected chi connectivity index (χ3v) is 9.19. The Balaban J connectivity index is 1.51. The molecule has 0 aliphatic carbocycles. The Morgan fingerprint density at radius 2 is 1.62 bits per heavy atom. The van der Waals surface area contributed by atoms with Gasteiger partial charge in [-0.15, -0.1) is 21.5 Å². The molecule has 0 unspecified atom stereocenters. The number of thiophene rings is 1. The quantitative estimate of drug-likeness (QED) is 0.129. The van der Waals surface area contributed by atoms with Crippen LogP contribution in [0.1, 0.15) is 63.3 Å². The van der Waals surface area contributed by atoms with Crippen molar-refractivity contribution in [3.63, 3.8) is 0 Å². The van der Waals surface area contributed by atoms with Gasteiger partial charge in [-0.2, -0.15) is 0 Å². The Hall–Kier alpha value is -4.69. The molecule has 2 amide bonds. The van der Waals surface area contributed by atoms with Crippen LogP contribution < -0.4 is 15.4 Å². The molecule has 0 saturated carbocycles. The number of amides is 2. The van der Waals surface area contributed by atoms with E-state index in [2.05, 4.69) is 20.8 Å². The van der Waals surface area contributed by atoms with Crippen LogP contribution in [0.3, 0.4) is 0 Å². The summed E-state index contributed by atoms with van der Waals surface area (Å²) in [5.41, 5.74) is 2.32. The van der Waals surface area contributed by atoms with Crippen molar-refractivity contribution in [3.05, 3.63) is 87.6 Å². The first-order valence-electron chi connectivity index (χ1n) is 15.0. The average molecular weight is 680 g/mol. The lowest BCUT2D eigenvalue weighted by Gasteiger charge is -2.14. The first-order valence-corrected chi connectivity index (χ1v) is 16.6. The van der Waals surface area contributed by atoms with Gasteiger partial charge in [0.25, 0.3) is 0 Å². The fourth-order valence-electron chi connectivity index (χ4n) is 4.50. The van der Waals surface area contributed by atoms with Gasteiger partial charge in [0.05, 0.1) is 50.6 Å². The van der Waals surface area contributed by atoms with Crippen molar-refractivity contribution in [1.82, 2.24) is 20.1 Å². The maximum absolute atomic E-state index is 13.5. The first-order chi connectivity index (χ1) is 22.6. The zero-order chi connectivity index (χ0) is 33.9. The number of benzene rings is 2. The Bertz CT molecular complexity index is 1700. The molecule has 2 N–H and O–H groups in total. The molecule has 0 saturated heterocycles. The van der Waals surface area contributed by atoms with E-state index in [4.69, 9.17) is 14.2 Å². The minimum atomic E-state index is -0.685. The second-order valence-electron chi connectivity index (χ2n) is 10.2. The second-order valence-corrected chi connectivity index (χ2v) is 12.6. The number of ether oxygens (including phenoxy) is 3. The molecule has 0 spiro atoms. The summed E-state index contributed by atoms with van der Waals surface area (Å²) in [7, 11) is 1.59. The van der Waals surface area contributed by atoms with Crippen molar-refractivity contribution in [2.75, 3.05) is 25.6 Å². The van der Waals surface area contributed by atoms with E-state index in [9.17, 15) is 19.2 Å². The molecule has 47 heavy (non-hydrogen) atoms. The number of methoxy groups -OCH3 is 1. The molecule has 0 aliphatic heterocycles. The molecule has 1 atom stereocenters. The molecule has 2 aromatic heterocycles. The van der Waals surface area contributed by atoms with Gasteiger partial charge < -0.3 is 29.4 Å². The molecule has 12 nitrogen and oxygen atoms in total. The highest BCUT2D eigenvalue weighted by atomic mass is 32.2. The standard InChI is InChI=1S/C33H37N5O7S2/c1-6-44-31(41)27-20(3)28(32(42)45-7-2)47-30(27)35-29(40)21(4)46-33-37-36-25(38(33)19-23-11-9-8-10-12-23)18-34-26(39)17-22-13-15-24(43-5)16-14-22/h8-16,21H,6-7,17-19H2,1-5H3,(H,34,39)(H,35,40)/t21-/m0/s1. The smallest absolute Gasteiger partial charge is 0.348 e. The first kappa shape index (κ1) is 35.2. The molecule has 0 fully saturated rings. The van der Waals surface area contributed by atoms with E-state index in [-0.39, 0.29) is 47.5 Å². The SMILES string of the molecule is CCOC(=O)c1sc(NC(=O)[C@H](C)Sc2nnc(CNC(=O)Cc3ccc(OC)cc3)n2Cc2ccccc2)c(C(=O)OCC)c1C. The van der Waals surface area contributed by atoms with Crippen LogP contribution in [0.2, 0.25) is 0 Å². The Morgan fingerprint density at radius 3 is 2.28 bits per heavy atom. The van der Waals surface area contributed by atoms with Gasteiger partial charge in [-0.3, -0.25) is 9.59 Å². The molecule has 0 bridgehead atoms. The van der Waals surface area contributed by atoms with Crippen LogP contribution in [0, 0.1) is 6.92 Å². The van der Waals surface area contributed by atoms with Crippen LogP contribution in [0.4, 0.5) is 5.00 Å². The predicted octanol–water partition coefficient (Wildman–Crippen LogP) is 5.04. The molecule has 4 aromatic rings. The predicted molar refractivity (Wildman–Crippen MR) is 179 cm³/mol. The highest BCUT2D eigenvalue weighted by Crippen LogP contribution is 2.35. The average Bonchev–Trinajstić information content (AvgIpc) is 3.59. The van der Waals surface area contributed by atoms with E-state index < -0.39 is 23.1 Å². The summed E-state index contributed by atoms with van der Waals surface area (Å²) < 4.78 is 17.4. The lowest BCUT2D eigenvalue weighted by Crippen LogP contribution is -2.27. The highest BCUT2D eigenvalue weighted by molar-refractivity contribution is 8.00. The minimum Gasteiger partial charge on any atom is -0.497 e. The largest absolute Gasteiger partial charge is 0.497 e. The lowest BCUT2D eigenvalue weighted by molar-refractivity contribution is -0.120. The van der Waals surface area contributed by atoms with Gasteiger partial charge in [-0.25, -0.2) is 9.59 Å². The van der Waals surface area contributed by atoms with Gasteiger partial charge in [0.1, 0.15) is 15.6 Å². The lowest BCUT2D eigenvalue weighted by atomic mass is 10.1. The number of esters is 2. The Labute approximate surface area is 281 Å². The summed E-state index contributed by atoms with van der Waals surface area (Å²) in [5, 5.41) is 14.4. The van der Waals surface area contributed by atoms with Gasteiger partial charge in [-0.1, -0.05) is 54.2 Å². The maximum Gasteiger partial charge on any atom is 0.348 e. The molecule has 14 heteroatoms. The van der Waals surface area contributed by atoms with Crippen molar-refractivity contribution in [2.24, 2.45) is 0 Å². The maximum atomic E-state index is 13.5. The number of carbonyl (C=O) groups is 4. The molecule has 248 valence electrons. The van der Waals surface area contributed by atoms with E-state index in [1.165, 1.54) is 11.8 Å². The molecule has 0 radical (unpaired) electrons. The van der Waals surface area contributed by atoms with Crippen LogP contribution in [-0.2, 0) is 38.6 Å². The van der Waals surface area contributed by atoms with E-state index in [1.807, 2.05) is 47.0 Å². The molecular weight excluding hydrogens is 643 g/mol. The van der Waals surface area contributed by atoms with Gasteiger partial charge >= 0.3 is 11.9 Å². The number of carbonyl (C=O) groups excluding carboxylic acids is 4. The molecule has 0 aliphatic rings. The topological polar surface area (TPSA) is 151 Å². The summed E-state index contributed by atoms with van der Waals surface area (Å²) in [5.74, 6) is -0.597. The number of aromatic nitrogens is 3. The number of nitrogens with zero attached hydrogens (tertiary/aromatic N) is 3. The van der Waals surface area contributed by atoms with Crippen molar-refractivity contribution in [2.45, 2.75) is 57.6 Å². The number of hydrogen-bond acceptors (Lipinski definition) is 11. The van der Waals surface area contributed by atoms with E-state index in [1.54, 1.807) is 46.9 Å². The van der Waals surface area contributed by atoms with E-state index in [0.717, 1.165) is 22.5 Å². The van der Waals surface area contributed by atoms with Crippen LogP contribution >= 0.6 is 23.1 Å². The van der Waals surface area contributed by atoms with E-state index >= 15 is 0 Å². The van der Waals surface area contributed by atoms with Crippen LogP contribution in [0.25, 0.3) is 0 Å². The van der Waals surface area contributed by atoms with Gasteiger partial charge in [0.15, 0.2) is 11.0 Å². The minimum absolute atomic E-state index is 0.116. The summed E-state index contributed by atoms with van der Waals surface area (Å²) >= 11 is 2.14. The summed E-state index contributed by atoms with van der Waals surface area (Å²) in [6, 6.07) is 17.0. The summed E-state index contributed by atoms with van der Waals surface area (Å²) in [6.07, 6.45) is 0.184. The summed E-state index contributed by atoms with van der Waals surface area (Å²) in [4.78, 5) is 51.8.